The standard InChI is InChI=1S/C14H15N7O2S2/c1-7(2-4-22)21(16)9-6-17-10(12(15)23)13(18-9)19-14-11-8(20-25-14)3-5-24-11/h3-7H,2,16H2,1H3,(H2,15,23)(H,18,19). The molecule has 3 heterocycles. The summed E-state index contributed by atoms with van der Waals surface area (Å²) in [6, 6.07) is 1.63. The van der Waals surface area contributed by atoms with Gasteiger partial charge in [-0.05, 0) is 29.9 Å². The van der Waals surface area contributed by atoms with Gasteiger partial charge in [-0.15, -0.1) is 11.3 Å². The molecule has 0 aromatic carbocycles. The third-order valence-electron chi connectivity index (χ3n) is 3.49. The number of carbonyl (C=O) groups is 2. The van der Waals surface area contributed by atoms with Crippen LogP contribution < -0.4 is 21.9 Å². The van der Waals surface area contributed by atoms with E-state index in [0.29, 0.717) is 5.82 Å². The molecule has 1 atom stereocenters. The van der Waals surface area contributed by atoms with Crippen LogP contribution in [0.4, 0.5) is 16.6 Å². The van der Waals surface area contributed by atoms with Crippen molar-refractivity contribution in [2.75, 3.05) is 10.3 Å². The first-order valence-electron chi connectivity index (χ1n) is 7.25. The van der Waals surface area contributed by atoms with Gasteiger partial charge in [0.05, 0.1) is 22.5 Å². The molecule has 11 heteroatoms. The third kappa shape index (κ3) is 3.43. The highest BCUT2D eigenvalue weighted by Gasteiger charge is 2.19. The zero-order chi connectivity index (χ0) is 18.0. The van der Waals surface area contributed by atoms with Crippen LogP contribution in [0.25, 0.3) is 10.2 Å². The average molecular weight is 377 g/mol. The maximum atomic E-state index is 11.7. The van der Waals surface area contributed by atoms with Gasteiger partial charge in [0.1, 0.15) is 11.3 Å². The average Bonchev–Trinajstić information content (AvgIpc) is 3.19. The molecule has 5 N–H and O–H groups in total. The molecule has 9 nitrogen and oxygen atoms in total. The van der Waals surface area contributed by atoms with Gasteiger partial charge >= 0.3 is 0 Å². The Morgan fingerprint density at radius 2 is 2.32 bits per heavy atom. The van der Waals surface area contributed by atoms with Crippen LogP contribution in [0.5, 0.6) is 0 Å². The normalized spacial score (nSPS) is 12.1. The molecule has 3 rings (SSSR count). The highest BCUT2D eigenvalue weighted by atomic mass is 32.1. The van der Waals surface area contributed by atoms with Crippen LogP contribution in [0, 0.1) is 0 Å². The quantitative estimate of drug-likeness (QED) is 0.321. The molecule has 0 fully saturated rings. The van der Waals surface area contributed by atoms with Crippen LogP contribution in [0.1, 0.15) is 23.8 Å². The van der Waals surface area contributed by atoms with Gasteiger partial charge in [0, 0.05) is 6.42 Å². The SMILES string of the molecule is CC(CC=O)N(N)c1cnc(C(N)=O)c(Nc2snc3ccsc23)n1. The molecule has 3 aromatic rings. The largest absolute Gasteiger partial charge is 0.364 e. The van der Waals surface area contributed by atoms with Crippen molar-refractivity contribution in [1.82, 2.24) is 14.3 Å². The maximum Gasteiger partial charge on any atom is 0.271 e. The Bertz CT molecular complexity index is 923. The van der Waals surface area contributed by atoms with Crippen LogP contribution >= 0.6 is 22.9 Å². The van der Waals surface area contributed by atoms with E-state index in [0.717, 1.165) is 21.5 Å². The minimum atomic E-state index is -0.710. The van der Waals surface area contributed by atoms with E-state index in [4.69, 9.17) is 11.6 Å². The number of nitrogens with zero attached hydrogens (tertiary/aromatic N) is 4. The minimum Gasteiger partial charge on any atom is -0.364 e. The molecule has 0 bridgehead atoms. The molecule has 0 saturated heterocycles. The Morgan fingerprint density at radius 3 is 3.04 bits per heavy atom. The molecule has 25 heavy (non-hydrogen) atoms. The highest BCUT2D eigenvalue weighted by molar-refractivity contribution is 7.23. The monoisotopic (exact) mass is 377 g/mol. The van der Waals surface area contributed by atoms with E-state index < -0.39 is 5.91 Å². The van der Waals surface area contributed by atoms with E-state index in [2.05, 4.69) is 19.7 Å². The molecular weight excluding hydrogens is 362 g/mol. The van der Waals surface area contributed by atoms with Gasteiger partial charge in [0.2, 0.25) is 0 Å². The Kier molecular flexibility index (Phi) is 4.88. The van der Waals surface area contributed by atoms with Crippen molar-refractivity contribution >= 4 is 61.9 Å². The van der Waals surface area contributed by atoms with Crippen molar-refractivity contribution in [2.24, 2.45) is 11.6 Å². The summed E-state index contributed by atoms with van der Waals surface area (Å²) < 4.78 is 5.26. The number of fused-ring (bicyclic) bond motifs is 1. The Balaban J connectivity index is 1.98. The van der Waals surface area contributed by atoms with Crippen molar-refractivity contribution in [1.29, 1.82) is 0 Å². The zero-order valence-corrected chi connectivity index (χ0v) is 14.8. The summed E-state index contributed by atoms with van der Waals surface area (Å²) in [4.78, 5) is 30.8. The number of rotatable bonds is 7. The number of nitrogens with one attached hydrogen (secondary N) is 1. The van der Waals surface area contributed by atoms with Gasteiger partial charge < -0.3 is 15.8 Å². The zero-order valence-electron chi connectivity index (χ0n) is 13.2. The van der Waals surface area contributed by atoms with Crippen LogP contribution in [0.15, 0.2) is 17.6 Å². The van der Waals surface area contributed by atoms with Crippen molar-refractivity contribution in [2.45, 2.75) is 19.4 Å². The van der Waals surface area contributed by atoms with Gasteiger partial charge in [-0.3, -0.25) is 9.80 Å². The van der Waals surface area contributed by atoms with Crippen molar-refractivity contribution < 1.29 is 9.59 Å². The third-order valence-corrected chi connectivity index (χ3v) is 5.31. The Labute approximate surface area is 150 Å². The molecule has 1 unspecified atom stereocenters. The summed E-state index contributed by atoms with van der Waals surface area (Å²) in [5.41, 5.74) is 6.25. The number of primary amides is 1. The van der Waals surface area contributed by atoms with Crippen LogP contribution in [0.2, 0.25) is 0 Å². The lowest BCUT2D eigenvalue weighted by Crippen LogP contribution is -2.40. The molecule has 130 valence electrons. The highest BCUT2D eigenvalue weighted by Crippen LogP contribution is 2.34. The number of hydrogen-bond acceptors (Lipinski definition) is 10. The van der Waals surface area contributed by atoms with Gasteiger partial charge in [-0.1, -0.05) is 0 Å². The topological polar surface area (TPSA) is 140 Å². The number of anilines is 3. The lowest BCUT2D eigenvalue weighted by molar-refractivity contribution is -0.108. The molecule has 0 aliphatic carbocycles. The van der Waals surface area contributed by atoms with Crippen LogP contribution in [0.3, 0.4) is 0 Å². The fourth-order valence-corrected chi connectivity index (χ4v) is 3.83. The number of carbonyl (C=O) groups excluding carboxylic acids is 2. The molecule has 0 aliphatic heterocycles. The Morgan fingerprint density at radius 1 is 1.52 bits per heavy atom. The Hall–Kier alpha value is -2.63. The van der Waals surface area contributed by atoms with E-state index in [1.807, 2.05) is 11.4 Å². The summed E-state index contributed by atoms with van der Waals surface area (Å²) in [5, 5.41) is 7.06. The second kappa shape index (κ2) is 7.09. The summed E-state index contributed by atoms with van der Waals surface area (Å²) in [5.74, 6) is 5.78. The first kappa shape index (κ1) is 17.2. The van der Waals surface area contributed by atoms with Gasteiger partial charge in [0.15, 0.2) is 17.3 Å². The molecule has 0 aliphatic rings. The lowest BCUT2D eigenvalue weighted by Gasteiger charge is -2.24. The second-order valence-electron chi connectivity index (χ2n) is 5.22. The first-order chi connectivity index (χ1) is 12.0. The van der Waals surface area contributed by atoms with Gasteiger partial charge in [-0.25, -0.2) is 15.8 Å². The van der Waals surface area contributed by atoms with E-state index in [-0.39, 0.29) is 24.0 Å². The van der Waals surface area contributed by atoms with Gasteiger partial charge in [0.25, 0.3) is 5.91 Å². The summed E-state index contributed by atoms with van der Waals surface area (Å²) in [6.45, 7) is 1.78. The number of amides is 1. The fraction of sp³-hybridized carbons (Fsp3) is 0.214. The number of nitrogens with two attached hydrogens (primary N) is 2. The summed E-state index contributed by atoms with van der Waals surface area (Å²) >= 11 is 2.77. The number of aromatic nitrogens is 3. The van der Waals surface area contributed by atoms with E-state index in [1.165, 1.54) is 34.1 Å². The van der Waals surface area contributed by atoms with Crippen molar-refractivity contribution in [3.63, 3.8) is 0 Å². The first-order valence-corrected chi connectivity index (χ1v) is 8.91. The number of hydrogen-bond donors (Lipinski definition) is 3. The number of thiophene rings is 1. The minimum absolute atomic E-state index is 0.00158. The van der Waals surface area contributed by atoms with Gasteiger partial charge in [-0.2, -0.15) is 4.37 Å². The lowest BCUT2D eigenvalue weighted by atomic mass is 10.2. The molecule has 3 aromatic heterocycles. The summed E-state index contributed by atoms with van der Waals surface area (Å²) in [6.07, 6.45) is 2.36. The predicted molar refractivity (Wildman–Crippen MR) is 98.1 cm³/mol. The number of hydrazine groups is 1. The number of aldehydes is 1. The fourth-order valence-electron chi connectivity index (χ4n) is 2.12. The molecule has 1 amide bonds. The molecule has 0 radical (unpaired) electrons. The van der Waals surface area contributed by atoms with Crippen molar-refractivity contribution in [3.05, 3.63) is 23.3 Å². The smallest absolute Gasteiger partial charge is 0.271 e. The molecular formula is C14H15N7O2S2. The van der Waals surface area contributed by atoms with E-state index >= 15 is 0 Å². The molecule has 0 saturated carbocycles. The predicted octanol–water partition coefficient (Wildman–Crippen LogP) is 1.65. The summed E-state index contributed by atoms with van der Waals surface area (Å²) in [7, 11) is 0. The van der Waals surface area contributed by atoms with E-state index in [1.54, 1.807) is 6.92 Å². The van der Waals surface area contributed by atoms with Crippen LogP contribution in [-0.4, -0.2) is 32.6 Å². The van der Waals surface area contributed by atoms with Crippen LogP contribution in [-0.2, 0) is 4.79 Å². The maximum absolute atomic E-state index is 11.7. The van der Waals surface area contributed by atoms with E-state index in [9.17, 15) is 9.59 Å². The van der Waals surface area contributed by atoms with Crippen molar-refractivity contribution in [3.8, 4) is 0 Å². The molecule has 0 spiro atoms. The second-order valence-corrected chi connectivity index (χ2v) is 6.91.